The Hall–Kier alpha value is -4.54. The lowest BCUT2D eigenvalue weighted by molar-refractivity contribution is -0.128. The molecule has 2 amide bonds. The molecule has 11 heteroatoms. The summed E-state index contributed by atoms with van der Waals surface area (Å²) in [5.74, 6) is -0.453. The van der Waals surface area contributed by atoms with Gasteiger partial charge in [0, 0.05) is 11.6 Å². The topological polar surface area (TPSA) is 105 Å². The summed E-state index contributed by atoms with van der Waals surface area (Å²) in [5.41, 5.74) is 3.17. The highest BCUT2D eigenvalue weighted by molar-refractivity contribution is 7.93. The van der Waals surface area contributed by atoms with Crippen molar-refractivity contribution >= 4 is 44.8 Å². The van der Waals surface area contributed by atoms with Crippen molar-refractivity contribution in [3.05, 3.63) is 113 Å². The second kappa shape index (κ2) is 13.6. The Morgan fingerprint density at radius 1 is 1.00 bits per heavy atom. The summed E-state index contributed by atoms with van der Waals surface area (Å²) >= 11 is 6.42. The van der Waals surface area contributed by atoms with E-state index in [4.69, 9.17) is 21.1 Å². The van der Waals surface area contributed by atoms with Crippen LogP contribution in [0.25, 0.3) is 0 Å². The highest BCUT2D eigenvalue weighted by atomic mass is 35.5. The van der Waals surface area contributed by atoms with Gasteiger partial charge in [-0.1, -0.05) is 66.2 Å². The number of rotatable bonds is 10. The molecule has 4 aromatic rings. The Morgan fingerprint density at radius 2 is 1.73 bits per heavy atom. The van der Waals surface area contributed by atoms with Crippen LogP contribution in [0.4, 0.5) is 11.4 Å². The third kappa shape index (κ3) is 7.08. The number of fused-ring (bicyclic) bond motifs is 1. The van der Waals surface area contributed by atoms with E-state index in [1.807, 2.05) is 30.3 Å². The monoisotopic (exact) mass is 647 g/mol. The van der Waals surface area contributed by atoms with Crippen molar-refractivity contribution in [2.75, 3.05) is 35.9 Å². The van der Waals surface area contributed by atoms with Gasteiger partial charge in [0.25, 0.3) is 15.9 Å². The molecule has 5 rings (SSSR count). The van der Waals surface area contributed by atoms with Gasteiger partial charge >= 0.3 is 0 Å². The third-order valence-electron chi connectivity index (χ3n) is 7.53. The van der Waals surface area contributed by atoms with E-state index in [9.17, 15) is 18.0 Å². The van der Waals surface area contributed by atoms with Crippen LogP contribution in [-0.4, -0.2) is 53.1 Å². The molecule has 0 radical (unpaired) electrons. The molecular formula is C34H34ClN3O6S. The zero-order valence-corrected chi connectivity index (χ0v) is 26.8. The summed E-state index contributed by atoms with van der Waals surface area (Å²) in [6.45, 7) is 3.28. The normalized spacial score (nSPS) is 14.2. The number of hydrogen-bond donors (Lipinski definition) is 1. The molecule has 4 aromatic carbocycles. The van der Waals surface area contributed by atoms with Gasteiger partial charge in [0.2, 0.25) is 5.91 Å². The van der Waals surface area contributed by atoms with E-state index in [0.29, 0.717) is 35.0 Å². The largest absolute Gasteiger partial charge is 0.495 e. The van der Waals surface area contributed by atoms with E-state index in [1.165, 1.54) is 24.1 Å². The molecule has 1 aliphatic heterocycles. The molecule has 1 heterocycles. The number of amides is 2. The van der Waals surface area contributed by atoms with Crippen LogP contribution >= 0.6 is 11.6 Å². The Bertz CT molecular complexity index is 1820. The third-order valence-corrected chi connectivity index (χ3v) is 9.73. The van der Waals surface area contributed by atoms with E-state index in [0.717, 1.165) is 15.4 Å². The molecule has 0 spiro atoms. The fourth-order valence-corrected chi connectivity index (χ4v) is 6.88. The Kier molecular flexibility index (Phi) is 9.65. The van der Waals surface area contributed by atoms with Crippen LogP contribution in [0.15, 0.2) is 95.9 Å². The number of halogens is 1. The summed E-state index contributed by atoms with van der Waals surface area (Å²) in [5, 5.41) is 3.24. The number of benzene rings is 4. The van der Waals surface area contributed by atoms with Crippen molar-refractivity contribution in [1.82, 2.24) is 5.32 Å². The number of nitrogens with one attached hydrogen (secondary N) is 1. The summed E-state index contributed by atoms with van der Waals surface area (Å²) in [6.07, 6.45) is -0.372. The predicted octanol–water partition coefficient (Wildman–Crippen LogP) is 5.31. The Balaban J connectivity index is 1.45. The van der Waals surface area contributed by atoms with Crippen LogP contribution < -0.4 is 24.0 Å². The molecule has 1 N–H and O–H groups in total. The van der Waals surface area contributed by atoms with Crippen LogP contribution in [0.5, 0.6) is 11.5 Å². The van der Waals surface area contributed by atoms with E-state index < -0.39 is 28.6 Å². The SMILES string of the molecule is COc1ccc(C)cc1S(=O)(=O)N(CC(=O)N1C[C@@H](C(=O)NCCc2ccccc2)Oc2ccccc21)c1ccc(C)c(Cl)c1. The summed E-state index contributed by atoms with van der Waals surface area (Å²) in [4.78, 5) is 28.7. The average Bonchev–Trinajstić information content (AvgIpc) is 3.04. The first-order valence-electron chi connectivity index (χ1n) is 14.4. The highest BCUT2D eigenvalue weighted by Crippen LogP contribution is 2.36. The van der Waals surface area contributed by atoms with Crippen molar-refractivity contribution < 1.29 is 27.5 Å². The van der Waals surface area contributed by atoms with Crippen LogP contribution in [0.3, 0.4) is 0 Å². The molecule has 234 valence electrons. The highest BCUT2D eigenvalue weighted by Gasteiger charge is 2.37. The zero-order valence-electron chi connectivity index (χ0n) is 25.2. The Labute approximate surface area is 268 Å². The number of methoxy groups -OCH3 is 1. The lowest BCUT2D eigenvalue weighted by Crippen LogP contribution is -2.53. The molecule has 0 saturated carbocycles. The van der Waals surface area contributed by atoms with Crippen molar-refractivity contribution in [2.45, 2.75) is 31.3 Å². The number of sulfonamides is 1. The lowest BCUT2D eigenvalue weighted by Gasteiger charge is -2.35. The fourth-order valence-electron chi connectivity index (χ4n) is 5.06. The van der Waals surface area contributed by atoms with Gasteiger partial charge in [-0.2, -0.15) is 0 Å². The predicted molar refractivity (Wildman–Crippen MR) is 175 cm³/mol. The van der Waals surface area contributed by atoms with Gasteiger partial charge in [-0.3, -0.25) is 13.9 Å². The van der Waals surface area contributed by atoms with Gasteiger partial charge in [0.15, 0.2) is 6.10 Å². The number of ether oxygens (including phenoxy) is 2. The van der Waals surface area contributed by atoms with Crippen LogP contribution in [0.1, 0.15) is 16.7 Å². The summed E-state index contributed by atoms with van der Waals surface area (Å²) in [6, 6.07) is 26.2. The number of anilines is 2. The number of hydrogen-bond acceptors (Lipinski definition) is 6. The molecule has 0 aromatic heterocycles. The van der Waals surface area contributed by atoms with Gasteiger partial charge < -0.3 is 19.7 Å². The van der Waals surface area contributed by atoms with E-state index >= 15 is 0 Å². The molecule has 0 unspecified atom stereocenters. The molecule has 1 atom stereocenters. The smallest absolute Gasteiger partial charge is 0.268 e. The quantitative estimate of drug-likeness (QED) is 0.250. The van der Waals surface area contributed by atoms with E-state index in [2.05, 4.69) is 5.32 Å². The first kappa shape index (κ1) is 31.9. The minimum absolute atomic E-state index is 0.0902. The van der Waals surface area contributed by atoms with Crippen LogP contribution in [0, 0.1) is 13.8 Å². The molecule has 0 saturated heterocycles. The number of para-hydroxylation sites is 2. The minimum Gasteiger partial charge on any atom is -0.495 e. The van der Waals surface area contributed by atoms with Crippen molar-refractivity contribution in [1.29, 1.82) is 0 Å². The van der Waals surface area contributed by atoms with E-state index in [-0.39, 0.29) is 28.8 Å². The fraction of sp³-hybridized carbons (Fsp3) is 0.235. The van der Waals surface area contributed by atoms with Gasteiger partial charge in [-0.25, -0.2) is 8.42 Å². The van der Waals surface area contributed by atoms with Crippen molar-refractivity contribution in [3.8, 4) is 11.5 Å². The molecule has 9 nitrogen and oxygen atoms in total. The zero-order chi connectivity index (χ0) is 32.1. The first-order valence-corrected chi connectivity index (χ1v) is 16.2. The maximum absolute atomic E-state index is 14.3. The number of carbonyl (C=O) groups excluding carboxylic acids is 2. The lowest BCUT2D eigenvalue weighted by atomic mass is 10.1. The average molecular weight is 648 g/mol. The molecule has 0 bridgehead atoms. The standard InChI is InChI=1S/C34H34ClN3O6S/c1-23-13-16-30(43-3)32(19-23)45(41,42)38(26-15-14-24(2)27(35)20-26)22-33(39)37-21-31(44-29-12-8-7-11-28(29)37)34(40)36-18-17-25-9-5-4-6-10-25/h4-16,19-20,31H,17-18,21-22H2,1-3H3,(H,36,40)/t31-/m0/s1. The molecule has 45 heavy (non-hydrogen) atoms. The number of aryl methyl sites for hydroxylation is 2. The minimum atomic E-state index is -4.34. The summed E-state index contributed by atoms with van der Waals surface area (Å²) < 4.78 is 41.0. The maximum atomic E-state index is 14.3. The van der Waals surface area contributed by atoms with Crippen LogP contribution in [0.2, 0.25) is 5.02 Å². The second-order valence-electron chi connectivity index (χ2n) is 10.7. The maximum Gasteiger partial charge on any atom is 0.268 e. The first-order chi connectivity index (χ1) is 21.6. The molecule has 1 aliphatic rings. The number of carbonyl (C=O) groups is 2. The molecule has 0 fully saturated rings. The number of nitrogens with zero attached hydrogens (tertiary/aromatic N) is 2. The van der Waals surface area contributed by atoms with E-state index in [1.54, 1.807) is 62.4 Å². The van der Waals surface area contributed by atoms with Crippen LogP contribution in [-0.2, 0) is 26.0 Å². The van der Waals surface area contributed by atoms with Crippen molar-refractivity contribution in [3.63, 3.8) is 0 Å². The van der Waals surface area contributed by atoms with Gasteiger partial charge in [-0.05, 0) is 73.4 Å². The van der Waals surface area contributed by atoms with Crippen molar-refractivity contribution in [2.24, 2.45) is 0 Å². The Morgan fingerprint density at radius 3 is 2.47 bits per heavy atom. The molecule has 0 aliphatic carbocycles. The van der Waals surface area contributed by atoms with Gasteiger partial charge in [-0.15, -0.1) is 0 Å². The van der Waals surface area contributed by atoms with Gasteiger partial charge in [0.05, 0.1) is 25.0 Å². The summed E-state index contributed by atoms with van der Waals surface area (Å²) in [7, 11) is -2.95. The second-order valence-corrected chi connectivity index (χ2v) is 12.9. The van der Waals surface area contributed by atoms with Gasteiger partial charge in [0.1, 0.15) is 22.9 Å². The molecular weight excluding hydrogens is 614 g/mol.